The summed E-state index contributed by atoms with van der Waals surface area (Å²) in [7, 11) is 0. The van der Waals surface area contributed by atoms with Gasteiger partial charge in [0.2, 0.25) is 11.8 Å². The van der Waals surface area contributed by atoms with Crippen molar-refractivity contribution >= 4 is 104 Å². The molecule has 31 heteroatoms. The Labute approximate surface area is 400 Å². The maximum Gasteiger partial charge on any atom is 0.265 e. The first-order valence-electron chi connectivity index (χ1n) is 20.2. The lowest BCUT2D eigenvalue weighted by Crippen LogP contribution is -2.69. The van der Waals surface area contributed by atoms with E-state index in [-0.39, 0.29) is 10.7 Å². The van der Waals surface area contributed by atoms with Crippen LogP contribution in [-0.2, 0) is 33.6 Å². The normalized spacial score (nSPS) is 15.4. The smallest absolute Gasteiger partial charge is 0.265 e. The third-order valence-electron chi connectivity index (χ3n) is 9.71. The molecular weight excluding hydrogens is 937 g/mol. The van der Waals surface area contributed by atoms with Crippen LogP contribution < -0.4 is 104 Å². The van der Waals surface area contributed by atoms with Crippen LogP contribution in [0.25, 0.3) is 21.8 Å². The van der Waals surface area contributed by atoms with Gasteiger partial charge in [0.1, 0.15) is 6.04 Å². The number of aliphatic hydroxyl groups excluding tert-OH is 1. The van der Waals surface area contributed by atoms with Crippen LogP contribution in [0.4, 0.5) is 0 Å². The number of thioether (sulfide) groups is 1. The number of hydrogen-bond donors (Lipinski definition) is 23. The zero-order valence-corrected chi connectivity index (χ0v) is 37.3. The molecule has 30 nitrogen and oxygen atoms in total. The molecule has 1 aliphatic rings. The Morgan fingerprint density at radius 1 is 0.543 bits per heavy atom. The van der Waals surface area contributed by atoms with Crippen molar-refractivity contribution in [1.82, 2.24) is 53.2 Å². The number of nitrogens with two attached hydrogens (primary N) is 7. The summed E-state index contributed by atoms with van der Waals surface area (Å²) in [6.07, 6.45) is -8.29. The molecule has 0 saturated heterocycles. The van der Waals surface area contributed by atoms with E-state index in [1.807, 2.05) is 52.3 Å². The maximum absolute atomic E-state index is 14.3. The molecule has 0 saturated carbocycles. The first-order valence-corrected chi connectivity index (χ1v) is 21.0. The fourth-order valence-electron chi connectivity index (χ4n) is 6.65. The number of carbonyl (C=O) groups excluding carboxylic acids is 7. The molecule has 8 atom stereocenters. The van der Waals surface area contributed by atoms with Gasteiger partial charge >= 0.3 is 0 Å². The summed E-state index contributed by atoms with van der Waals surface area (Å²) >= 11 is 0.899. The van der Waals surface area contributed by atoms with Gasteiger partial charge in [-0.15, -0.1) is 0 Å². The average Bonchev–Trinajstić information content (AvgIpc) is 3.61. The van der Waals surface area contributed by atoms with E-state index < -0.39 is 121 Å². The van der Waals surface area contributed by atoms with Crippen LogP contribution in [0.5, 0.6) is 0 Å². The summed E-state index contributed by atoms with van der Waals surface area (Å²) in [5.74, 6) is -14.3. The van der Waals surface area contributed by atoms with Crippen molar-refractivity contribution in [2.45, 2.75) is 36.9 Å². The van der Waals surface area contributed by atoms with E-state index in [1.54, 1.807) is 24.3 Å². The summed E-state index contributed by atoms with van der Waals surface area (Å²) in [5, 5.41) is 73.8. The van der Waals surface area contributed by atoms with Crippen LogP contribution in [0, 0.1) is 38.9 Å². The van der Waals surface area contributed by atoms with Gasteiger partial charge in [0.15, 0.2) is 59.8 Å². The highest BCUT2D eigenvalue weighted by Crippen LogP contribution is 2.34. The van der Waals surface area contributed by atoms with Gasteiger partial charge in [0.25, 0.3) is 29.5 Å². The molecule has 8 unspecified atom stereocenters. The second-order valence-electron chi connectivity index (χ2n) is 14.8. The lowest BCUT2D eigenvalue weighted by Gasteiger charge is -2.29. The Balaban J connectivity index is 1.60. The number of benzene rings is 3. The molecule has 30 N–H and O–H groups in total. The Bertz CT molecular complexity index is 2730. The molecule has 0 spiro atoms. The molecule has 4 rings (SSSR count). The quantitative estimate of drug-likeness (QED) is 0.0268. The summed E-state index contributed by atoms with van der Waals surface area (Å²) in [4.78, 5) is 94.1. The Hall–Kier alpha value is -9.23. The van der Waals surface area contributed by atoms with Crippen LogP contribution in [-0.4, -0.2) is 113 Å². The molecule has 1 aliphatic carbocycles. The predicted molar refractivity (Wildman–Crippen MR) is 255 cm³/mol. The zero-order chi connectivity index (χ0) is 52.0. The minimum atomic E-state index is -2.14. The van der Waals surface area contributed by atoms with Gasteiger partial charge < -0.3 is 98.4 Å². The van der Waals surface area contributed by atoms with Crippen LogP contribution in [0.3, 0.4) is 0 Å². The Morgan fingerprint density at radius 2 is 0.957 bits per heavy atom. The largest absolute Gasteiger partial charge is 0.396 e. The number of carbonyl (C=O) groups is 7. The first kappa shape index (κ1) is 53.4. The number of amidine groups is 1. The van der Waals surface area contributed by atoms with Crippen LogP contribution in [0.2, 0.25) is 0 Å². The van der Waals surface area contributed by atoms with Crippen molar-refractivity contribution in [3.8, 4) is 0 Å². The molecule has 3 aromatic carbocycles. The van der Waals surface area contributed by atoms with Gasteiger partial charge in [-0.1, -0.05) is 72.4 Å². The third-order valence-corrected chi connectivity index (χ3v) is 10.6. The number of rotatable bonds is 21. The highest BCUT2D eigenvalue weighted by Gasteiger charge is 2.37. The van der Waals surface area contributed by atoms with Crippen LogP contribution >= 0.6 is 11.8 Å². The minimum Gasteiger partial charge on any atom is -0.396 e. The van der Waals surface area contributed by atoms with Crippen molar-refractivity contribution in [3.63, 3.8) is 0 Å². The molecule has 70 heavy (non-hydrogen) atoms. The highest BCUT2D eigenvalue weighted by atomic mass is 32.2. The van der Waals surface area contributed by atoms with Gasteiger partial charge in [-0.3, -0.25) is 60.6 Å². The Morgan fingerprint density at radius 3 is 1.37 bits per heavy atom. The lowest BCUT2D eigenvalue weighted by molar-refractivity contribution is -0.136. The molecule has 3 aromatic rings. The fraction of sp³-hybridized carbons (Fsp3) is 0.231. The average molecular weight is 989 g/mol. The van der Waals surface area contributed by atoms with Crippen molar-refractivity contribution in [3.05, 3.63) is 82.7 Å². The Kier molecular flexibility index (Phi) is 18.3. The summed E-state index contributed by atoms with van der Waals surface area (Å²) in [6.45, 7) is -0.740. The zero-order valence-electron chi connectivity index (χ0n) is 36.5. The lowest BCUT2D eigenvalue weighted by atomic mass is 9.92. The van der Waals surface area contributed by atoms with Crippen molar-refractivity contribution < 1.29 is 38.7 Å². The fourth-order valence-corrected chi connectivity index (χ4v) is 7.55. The van der Waals surface area contributed by atoms with Crippen molar-refractivity contribution in [2.75, 3.05) is 6.61 Å². The van der Waals surface area contributed by atoms with Gasteiger partial charge in [-0.05, 0) is 38.9 Å². The molecule has 7 amide bonds. The summed E-state index contributed by atoms with van der Waals surface area (Å²) in [6, 6.07) is 17.3. The topological polar surface area (TPSA) is 561 Å². The second-order valence-corrected chi connectivity index (χ2v) is 15.9. The third kappa shape index (κ3) is 14.6. The maximum atomic E-state index is 14.3. The number of nitrogens with one attached hydrogen (secondary N) is 15. The highest BCUT2D eigenvalue weighted by molar-refractivity contribution is 8.21. The van der Waals surface area contributed by atoms with E-state index in [1.165, 1.54) is 12.1 Å². The first-order chi connectivity index (χ1) is 33.0. The molecule has 0 heterocycles. The molecule has 0 radical (unpaired) electrons. The molecule has 372 valence electrons. The van der Waals surface area contributed by atoms with E-state index in [2.05, 4.69) is 37.2 Å². The molecular formula is C39H52N22O8S. The summed E-state index contributed by atoms with van der Waals surface area (Å²) in [5.41, 5.74) is 38.2. The number of guanidine groups is 4. The molecule has 0 fully saturated rings. The number of primary amides is 1. The van der Waals surface area contributed by atoms with E-state index >= 15 is 0 Å². The monoisotopic (exact) mass is 988 g/mol. The number of fused-ring (bicyclic) bond motifs is 2. The van der Waals surface area contributed by atoms with Crippen LogP contribution in [0.1, 0.15) is 11.6 Å². The van der Waals surface area contributed by atoms with E-state index in [4.69, 9.17) is 67.2 Å². The van der Waals surface area contributed by atoms with E-state index in [0.717, 1.165) is 22.5 Å². The minimum absolute atomic E-state index is 0.172. The SMILES string of the molecule is N=C(N)NC(NC(=O)C(NC(=N)N)NC(=O)C(NC(=N)N)NC(=O)C(NC(=N)N)NC(=O)C(NC(=O)C(CO)C1C=c2cc3ccccc3cc2=C1SC(=N)N)c1ccccc1)C(=O)NC(N)C(N)=O. The number of amides is 7. The number of hydrogen-bond acceptors (Lipinski definition) is 15. The second kappa shape index (κ2) is 24.0. The van der Waals surface area contributed by atoms with Gasteiger partial charge in [-0.2, -0.15) is 0 Å². The number of aliphatic hydroxyl groups is 1. The standard InChI is InChI=1S/C39H52N22O8S/c40-23(24(41)63)53-31(66)25(58-35(42)43)55-33(68)27(60-37(46)47)57-34(69)28(61-38(48)49)56-32(67)26(59-36(44)45)54-30(65)21(14-6-2-1-3-7-14)52-29(64)20(13-62)19-12-17-10-15-8-4-5-9-16(15)11-18(17)22(19)70-39(50)51/h1-12,19-21,23,25-28,62H,13,40H2,(H2,41,63)(H3,50,51)(H,52,64)(H,53,66)(H,54,65)(H,55,68)(H,56,67)(H,57,69)(H4,42,43,58)(H4,44,45,59)(H4,46,47,60)(H4,48,49,61). The van der Waals surface area contributed by atoms with E-state index in [9.17, 15) is 38.7 Å². The molecule has 0 aliphatic heterocycles. The van der Waals surface area contributed by atoms with Crippen molar-refractivity contribution in [1.29, 1.82) is 27.0 Å². The summed E-state index contributed by atoms with van der Waals surface area (Å²) < 4.78 is 0. The molecule has 0 bridgehead atoms. The van der Waals surface area contributed by atoms with Gasteiger partial charge in [0, 0.05) is 10.8 Å². The van der Waals surface area contributed by atoms with Gasteiger partial charge in [0.05, 0.1) is 12.5 Å². The van der Waals surface area contributed by atoms with Crippen LogP contribution in [0.15, 0.2) is 66.7 Å². The predicted octanol–water partition coefficient (Wildman–Crippen LogP) is -8.96. The van der Waals surface area contributed by atoms with E-state index in [0.29, 0.717) is 15.3 Å². The molecule has 0 aromatic heterocycles. The van der Waals surface area contributed by atoms with Crippen molar-refractivity contribution in [2.24, 2.45) is 52.0 Å². The van der Waals surface area contributed by atoms with Gasteiger partial charge in [-0.25, -0.2) is 0 Å².